The second-order valence-electron chi connectivity index (χ2n) is 7.38. The molecule has 0 fully saturated rings. The van der Waals surface area contributed by atoms with Crippen LogP contribution >= 0.6 is 0 Å². The lowest BCUT2D eigenvalue weighted by molar-refractivity contribution is -0.112. The molecule has 32 heavy (non-hydrogen) atoms. The Morgan fingerprint density at radius 2 is 2.00 bits per heavy atom. The van der Waals surface area contributed by atoms with Gasteiger partial charge in [-0.1, -0.05) is 17.3 Å². The summed E-state index contributed by atoms with van der Waals surface area (Å²) in [5.74, 6) is 0.632. The van der Waals surface area contributed by atoms with Crippen molar-refractivity contribution in [3.8, 4) is 0 Å². The van der Waals surface area contributed by atoms with Gasteiger partial charge in [-0.2, -0.15) is 0 Å². The molecule has 168 valence electrons. The highest BCUT2D eigenvalue weighted by Crippen LogP contribution is 2.29. The first-order valence-corrected chi connectivity index (χ1v) is 12.1. The number of aromatic nitrogens is 3. The number of hydrogen-bond donors (Lipinski definition) is 0. The highest BCUT2D eigenvalue weighted by atomic mass is 32.2. The molecule has 3 aromatic rings. The third-order valence-corrected chi connectivity index (χ3v) is 6.03. The Hall–Kier alpha value is -3.34. The van der Waals surface area contributed by atoms with Crippen molar-refractivity contribution >= 4 is 38.3 Å². The summed E-state index contributed by atoms with van der Waals surface area (Å²) in [5, 5.41) is 3.82. The predicted octanol–water partition coefficient (Wildman–Crippen LogP) is 2.10. The van der Waals surface area contributed by atoms with Crippen LogP contribution in [0.25, 0.3) is 11.0 Å². The predicted molar refractivity (Wildman–Crippen MR) is 118 cm³/mol. The Morgan fingerprint density at radius 1 is 1.19 bits per heavy atom. The first-order chi connectivity index (χ1) is 15.4. The molecular formula is C21H22FN5O4S. The number of anilines is 1. The maximum Gasteiger partial charge on any atom is 0.282 e. The fourth-order valence-electron chi connectivity index (χ4n) is 3.64. The molecule has 0 unspecified atom stereocenters. The van der Waals surface area contributed by atoms with Crippen LogP contribution in [0.3, 0.4) is 0 Å². The first-order valence-electron chi connectivity index (χ1n) is 10.0. The van der Waals surface area contributed by atoms with Crippen molar-refractivity contribution in [3.63, 3.8) is 0 Å². The van der Waals surface area contributed by atoms with E-state index < -0.39 is 22.4 Å². The minimum absolute atomic E-state index is 0.0503. The molecule has 2 aromatic heterocycles. The molecule has 0 radical (unpaired) electrons. The van der Waals surface area contributed by atoms with Gasteiger partial charge in [0.05, 0.1) is 28.9 Å². The standard InChI is InChI=1S/C21H22FN5O4S/c1-32(29,30)13-5-11-26-17-8-3-2-7-16(17)24-18(26)14-27-20-15(6-4-10-23-20)19(21(27)28)25-31-12-9-22/h2-4,6-8,10H,5,9,11-14H2,1H3/b25-19-. The molecule has 0 aliphatic carbocycles. The van der Waals surface area contributed by atoms with Gasteiger partial charge in [-0.05, 0) is 30.7 Å². The number of amides is 1. The minimum atomic E-state index is -3.10. The van der Waals surface area contributed by atoms with Gasteiger partial charge in [-0.25, -0.2) is 22.8 Å². The van der Waals surface area contributed by atoms with E-state index in [1.54, 1.807) is 18.3 Å². The summed E-state index contributed by atoms with van der Waals surface area (Å²) < 4.78 is 37.5. The highest BCUT2D eigenvalue weighted by molar-refractivity contribution is 7.90. The molecule has 3 heterocycles. The lowest BCUT2D eigenvalue weighted by atomic mass is 10.2. The Kier molecular flexibility index (Phi) is 6.17. The van der Waals surface area contributed by atoms with Gasteiger partial charge >= 0.3 is 0 Å². The summed E-state index contributed by atoms with van der Waals surface area (Å²) in [7, 11) is -3.10. The van der Waals surface area contributed by atoms with Crippen LogP contribution < -0.4 is 4.90 Å². The zero-order chi connectivity index (χ0) is 22.7. The number of imidazole rings is 1. The van der Waals surface area contributed by atoms with E-state index in [9.17, 15) is 17.6 Å². The van der Waals surface area contributed by atoms with E-state index in [1.807, 2.05) is 28.8 Å². The number of alkyl halides is 1. The summed E-state index contributed by atoms with van der Waals surface area (Å²) in [6, 6.07) is 10.9. The van der Waals surface area contributed by atoms with Crippen LogP contribution in [0.15, 0.2) is 47.8 Å². The number of carbonyl (C=O) groups is 1. The molecule has 9 nitrogen and oxygen atoms in total. The zero-order valence-electron chi connectivity index (χ0n) is 17.4. The molecule has 0 N–H and O–H groups in total. The Bertz CT molecular complexity index is 1290. The van der Waals surface area contributed by atoms with Crippen LogP contribution in [-0.2, 0) is 32.6 Å². The van der Waals surface area contributed by atoms with Crippen molar-refractivity contribution in [3.05, 3.63) is 54.0 Å². The second kappa shape index (κ2) is 9.03. The van der Waals surface area contributed by atoms with E-state index in [2.05, 4.69) is 15.1 Å². The number of nitrogens with zero attached hydrogens (tertiary/aromatic N) is 5. The van der Waals surface area contributed by atoms with E-state index in [-0.39, 0.29) is 24.6 Å². The largest absolute Gasteiger partial charge is 0.392 e. The van der Waals surface area contributed by atoms with Gasteiger partial charge in [0.25, 0.3) is 5.91 Å². The smallest absolute Gasteiger partial charge is 0.282 e. The molecular weight excluding hydrogens is 437 g/mol. The number of rotatable bonds is 9. The molecule has 0 bridgehead atoms. The van der Waals surface area contributed by atoms with Crippen LogP contribution in [0.2, 0.25) is 0 Å². The van der Waals surface area contributed by atoms with Crippen LogP contribution in [0.5, 0.6) is 0 Å². The maximum atomic E-state index is 13.1. The molecule has 0 atom stereocenters. The number of sulfone groups is 1. The third-order valence-electron chi connectivity index (χ3n) is 5.00. The number of carbonyl (C=O) groups excluding carboxylic acids is 1. The first kappa shape index (κ1) is 21.9. The van der Waals surface area contributed by atoms with Gasteiger partial charge < -0.3 is 9.40 Å². The van der Waals surface area contributed by atoms with Crippen LogP contribution in [0.1, 0.15) is 17.8 Å². The van der Waals surface area contributed by atoms with Crippen LogP contribution in [0, 0.1) is 0 Å². The normalized spacial score (nSPS) is 15.0. The van der Waals surface area contributed by atoms with Crippen molar-refractivity contribution in [1.82, 2.24) is 14.5 Å². The molecule has 1 aliphatic rings. The monoisotopic (exact) mass is 459 g/mol. The molecule has 0 spiro atoms. The number of pyridine rings is 1. The Morgan fingerprint density at radius 3 is 2.78 bits per heavy atom. The van der Waals surface area contributed by atoms with Crippen molar-refractivity contribution in [2.45, 2.75) is 19.5 Å². The fraction of sp³-hybridized carbons (Fsp3) is 0.333. The number of fused-ring (bicyclic) bond motifs is 2. The lowest BCUT2D eigenvalue weighted by Gasteiger charge is -2.17. The molecule has 1 aromatic carbocycles. The van der Waals surface area contributed by atoms with Gasteiger partial charge in [0.15, 0.2) is 5.71 Å². The van der Waals surface area contributed by atoms with Gasteiger partial charge in [-0.3, -0.25) is 9.69 Å². The average Bonchev–Trinajstić information content (AvgIpc) is 3.24. The van der Waals surface area contributed by atoms with E-state index in [0.29, 0.717) is 30.2 Å². The molecule has 4 rings (SSSR count). The zero-order valence-corrected chi connectivity index (χ0v) is 18.3. The van der Waals surface area contributed by atoms with Crippen LogP contribution in [0.4, 0.5) is 10.2 Å². The summed E-state index contributed by atoms with van der Waals surface area (Å²) in [6.07, 6.45) is 3.19. The SMILES string of the molecule is CS(=O)(=O)CCCn1c(CN2C(=O)/C(=N\OCCF)c3cccnc32)nc2ccccc21. The topological polar surface area (TPSA) is 107 Å². The average molecular weight is 460 g/mol. The summed E-state index contributed by atoms with van der Waals surface area (Å²) in [6.45, 7) is -0.423. The fourth-order valence-corrected chi connectivity index (χ4v) is 4.29. The minimum Gasteiger partial charge on any atom is -0.392 e. The Balaban J connectivity index is 1.68. The van der Waals surface area contributed by atoms with Crippen molar-refractivity contribution in [1.29, 1.82) is 0 Å². The molecule has 1 aliphatic heterocycles. The maximum absolute atomic E-state index is 13.1. The lowest BCUT2D eigenvalue weighted by Crippen LogP contribution is -2.31. The number of oxime groups is 1. The van der Waals surface area contributed by atoms with E-state index >= 15 is 0 Å². The van der Waals surface area contributed by atoms with Gasteiger partial charge in [-0.15, -0.1) is 0 Å². The highest BCUT2D eigenvalue weighted by Gasteiger charge is 2.36. The molecule has 0 saturated carbocycles. The summed E-state index contributed by atoms with van der Waals surface area (Å²) >= 11 is 0. The van der Waals surface area contributed by atoms with Gasteiger partial charge in [0.1, 0.15) is 34.8 Å². The quantitative estimate of drug-likeness (QED) is 0.358. The Labute approximate surface area is 184 Å². The number of benzene rings is 1. The molecule has 0 saturated heterocycles. The number of hydrogen-bond acceptors (Lipinski definition) is 7. The van der Waals surface area contributed by atoms with E-state index in [4.69, 9.17) is 4.84 Å². The van der Waals surface area contributed by atoms with Crippen molar-refractivity contribution < 1.29 is 22.4 Å². The van der Waals surface area contributed by atoms with Gasteiger partial charge in [0.2, 0.25) is 0 Å². The number of para-hydroxylation sites is 2. The van der Waals surface area contributed by atoms with E-state index in [1.165, 1.54) is 11.2 Å². The number of halogens is 1. The van der Waals surface area contributed by atoms with Gasteiger partial charge in [0, 0.05) is 19.0 Å². The molecule has 11 heteroatoms. The van der Waals surface area contributed by atoms with E-state index in [0.717, 1.165) is 11.0 Å². The summed E-state index contributed by atoms with van der Waals surface area (Å²) in [4.78, 5) is 28.4. The van der Waals surface area contributed by atoms with Crippen molar-refractivity contribution in [2.24, 2.45) is 5.16 Å². The summed E-state index contributed by atoms with van der Waals surface area (Å²) in [5.41, 5.74) is 2.15. The molecule has 1 amide bonds. The second-order valence-corrected chi connectivity index (χ2v) is 9.64. The number of aryl methyl sites for hydroxylation is 1. The van der Waals surface area contributed by atoms with Crippen LogP contribution in [-0.4, -0.2) is 59.9 Å². The third kappa shape index (κ3) is 4.47. The van der Waals surface area contributed by atoms with Crippen molar-refractivity contribution in [2.75, 3.05) is 30.2 Å².